The SMILES string of the molecule is Cc1cc(F)cc(N(C)C(=O)Oc2ccc3c(c2)C(=O)N(C2CCC(=O)NC2=O)C3)c1. The first-order chi connectivity index (χ1) is 14.7. The summed E-state index contributed by atoms with van der Waals surface area (Å²) < 4.78 is 19.0. The van der Waals surface area contributed by atoms with Gasteiger partial charge in [-0.25, -0.2) is 9.18 Å². The van der Waals surface area contributed by atoms with Crippen LogP contribution in [0.1, 0.15) is 34.3 Å². The molecule has 1 atom stereocenters. The van der Waals surface area contributed by atoms with E-state index in [1.54, 1.807) is 25.1 Å². The minimum absolute atomic E-state index is 0.155. The van der Waals surface area contributed by atoms with Crippen molar-refractivity contribution < 1.29 is 28.3 Å². The molecule has 0 saturated carbocycles. The van der Waals surface area contributed by atoms with Crippen LogP contribution in [-0.2, 0) is 16.1 Å². The zero-order valence-corrected chi connectivity index (χ0v) is 17.0. The van der Waals surface area contributed by atoms with Crippen LogP contribution in [0.15, 0.2) is 36.4 Å². The molecule has 2 aliphatic rings. The maximum Gasteiger partial charge on any atom is 0.419 e. The van der Waals surface area contributed by atoms with Crippen LogP contribution >= 0.6 is 0 Å². The molecule has 9 heteroatoms. The van der Waals surface area contributed by atoms with Gasteiger partial charge in [0.15, 0.2) is 0 Å². The second-order valence-electron chi connectivity index (χ2n) is 7.63. The van der Waals surface area contributed by atoms with E-state index in [2.05, 4.69) is 5.32 Å². The number of imide groups is 1. The lowest BCUT2D eigenvalue weighted by Gasteiger charge is -2.29. The summed E-state index contributed by atoms with van der Waals surface area (Å²) in [5, 5.41) is 2.25. The number of halogens is 1. The molecule has 31 heavy (non-hydrogen) atoms. The lowest BCUT2D eigenvalue weighted by atomic mass is 10.0. The van der Waals surface area contributed by atoms with Gasteiger partial charge in [0.05, 0.1) is 0 Å². The van der Waals surface area contributed by atoms with Crippen LogP contribution in [0.5, 0.6) is 5.75 Å². The Morgan fingerprint density at radius 1 is 1.19 bits per heavy atom. The van der Waals surface area contributed by atoms with Crippen LogP contribution in [0.25, 0.3) is 0 Å². The van der Waals surface area contributed by atoms with E-state index in [4.69, 9.17) is 4.74 Å². The van der Waals surface area contributed by atoms with Gasteiger partial charge in [0, 0.05) is 31.3 Å². The highest BCUT2D eigenvalue weighted by Gasteiger charge is 2.39. The summed E-state index contributed by atoms with van der Waals surface area (Å²) in [5.74, 6) is -1.52. The van der Waals surface area contributed by atoms with Crippen LogP contribution < -0.4 is 15.0 Å². The number of ether oxygens (including phenoxy) is 1. The highest BCUT2D eigenvalue weighted by Crippen LogP contribution is 2.30. The molecular weight excluding hydrogens is 405 g/mol. The van der Waals surface area contributed by atoms with Crippen molar-refractivity contribution in [3.63, 3.8) is 0 Å². The van der Waals surface area contributed by atoms with Crippen LogP contribution in [-0.4, -0.2) is 41.8 Å². The third-order valence-corrected chi connectivity index (χ3v) is 5.39. The first-order valence-corrected chi connectivity index (χ1v) is 9.73. The normalized spacial score (nSPS) is 18.0. The number of amides is 4. The van der Waals surface area contributed by atoms with E-state index in [-0.39, 0.29) is 37.0 Å². The number of hydrogen-bond acceptors (Lipinski definition) is 5. The molecule has 2 heterocycles. The van der Waals surface area contributed by atoms with Crippen molar-refractivity contribution in [2.45, 2.75) is 32.4 Å². The van der Waals surface area contributed by atoms with Gasteiger partial charge >= 0.3 is 6.09 Å². The Morgan fingerprint density at radius 3 is 2.68 bits per heavy atom. The van der Waals surface area contributed by atoms with Crippen LogP contribution in [0, 0.1) is 12.7 Å². The molecule has 1 N–H and O–H groups in total. The van der Waals surface area contributed by atoms with Gasteiger partial charge in [-0.15, -0.1) is 0 Å². The van der Waals surface area contributed by atoms with E-state index in [0.717, 1.165) is 0 Å². The summed E-state index contributed by atoms with van der Waals surface area (Å²) in [6, 6.07) is 8.17. The number of anilines is 1. The molecule has 1 unspecified atom stereocenters. The third-order valence-electron chi connectivity index (χ3n) is 5.39. The van der Waals surface area contributed by atoms with Crippen LogP contribution in [0.4, 0.5) is 14.9 Å². The molecule has 160 valence electrons. The van der Waals surface area contributed by atoms with E-state index < -0.39 is 23.9 Å². The topological polar surface area (TPSA) is 96.0 Å². The number of nitrogens with one attached hydrogen (secondary N) is 1. The third kappa shape index (κ3) is 3.98. The number of benzene rings is 2. The molecule has 0 aliphatic carbocycles. The lowest BCUT2D eigenvalue weighted by molar-refractivity contribution is -0.136. The number of hydrogen-bond donors (Lipinski definition) is 1. The fourth-order valence-corrected chi connectivity index (χ4v) is 3.78. The summed E-state index contributed by atoms with van der Waals surface area (Å²) >= 11 is 0. The van der Waals surface area contributed by atoms with Gasteiger partial charge in [-0.05, 0) is 54.8 Å². The van der Waals surface area contributed by atoms with Gasteiger partial charge < -0.3 is 9.64 Å². The van der Waals surface area contributed by atoms with Gasteiger partial charge in [-0.2, -0.15) is 0 Å². The van der Waals surface area contributed by atoms with Crippen molar-refractivity contribution in [1.29, 1.82) is 0 Å². The molecule has 8 nitrogen and oxygen atoms in total. The largest absolute Gasteiger partial charge is 0.419 e. The van der Waals surface area contributed by atoms with Crippen molar-refractivity contribution in [3.8, 4) is 5.75 Å². The molecule has 2 aliphatic heterocycles. The minimum Gasteiger partial charge on any atom is -0.410 e. The van der Waals surface area contributed by atoms with E-state index in [0.29, 0.717) is 22.4 Å². The molecule has 0 aromatic heterocycles. The maximum absolute atomic E-state index is 13.6. The number of rotatable bonds is 3. The zero-order valence-electron chi connectivity index (χ0n) is 17.0. The van der Waals surface area contributed by atoms with E-state index in [1.807, 2.05) is 0 Å². The second kappa shape index (κ2) is 7.82. The Hall–Kier alpha value is -3.75. The summed E-state index contributed by atoms with van der Waals surface area (Å²) in [5.41, 5.74) is 2.03. The fraction of sp³-hybridized carbons (Fsp3) is 0.273. The molecule has 2 aromatic rings. The predicted octanol–water partition coefficient (Wildman–Crippen LogP) is 2.53. The van der Waals surface area contributed by atoms with Gasteiger partial charge in [0.2, 0.25) is 11.8 Å². The van der Waals surface area contributed by atoms with Gasteiger partial charge in [0.1, 0.15) is 17.6 Å². The average Bonchev–Trinajstić information content (AvgIpc) is 3.02. The van der Waals surface area contributed by atoms with Crippen LogP contribution in [0.2, 0.25) is 0 Å². The highest BCUT2D eigenvalue weighted by atomic mass is 19.1. The van der Waals surface area contributed by atoms with E-state index in [1.165, 1.54) is 35.0 Å². The summed E-state index contributed by atoms with van der Waals surface area (Å²) in [4.78, 5) is 51.4. The molecule has 1 saturated heterocycles. The Labute approximate surface area is 177 Å². The fourth-order valence-electron chi connectivity index (χ4n) is 3.78. The van der Waals surface area contributed by atoms with Gasteiger partial charge in [-0.3, -0.25) is 24.6 Å². The molecule has 1 fully saturated rings. The van der Waals surface area contributed by atoms with E-state index >= 15 is 0 Å². The van der Waals surface area contributed by atoms with Gasteiger partial charge in [-0.1, -0.05) is 6.07 Å². The number of nitrogens with zero attached hydrogens (tertiary/aromatic N) is 2. The minimum atomic E-state index is -0.738. The monoisotopic (exact) mass is 425 g/mol. The maximum atomic E-state index is 13.6. The summed E-state index contributed by atoms with van der Waals surface area (Å²) in [6.07, 6.45) is -0.299. The molecular formula is C22H20FN3O5. The molecule has 0 bridgehead atoms. The standard InChI is InChI=1S/C22H20FN3O5/c1-12-7-14(23)9-15(8-12)25(2)22(30)31-16-4-3-13-11-26(21(29)17(13)10-16)18-5-6-19(27)24-20(18)28/h3-4,7-10,18H,5-6,11H2,1-2H3,(H,24,27,28). The quantitative estimate of drug-likeness (QED) is 0.763. The number of aryl methyl sites for hydroxylation is 1. The first-order valence-electron chi connectivity index (χ1n) is 9.73. The Balaban J connectivity index is 1.49. The molecule has 0 spiro atoms. The number of piperidine rings is 1. The van der Waals surface area contributed by atoms with E-state index in [9.17, 15) is 23.6 Å². The Morgan fingerprint density at radius 2 is 1.97 bits per heavy atom. The summed E-state index contributed by atoms with van der Waals surface area (Å²) in [7, 11) is 1.46. The first kappa shape index (κ1) is 20.5. The van der Waals surface area contributed by atoms with Crippen molar-refractivity contribution in [3.05, 3.63) is 58.9 Å². The van der Waals surface area contributed by atoms with Crippen molar-refractivity contribution in [2.24, 2.45) is 0 Å². The summed E-state index contributed by atoms with van der Waals surface area (Å²) in [6.45, 7) is 1.95. The van der Waals surface area contributed by atoms with Gasteiger partial charge in [0.25, 0.3) is 5.91 Å². The molecule has 0 radical (unpaired) electrons. The number of carbonyl (C=O) groups excluding carboxylic acids is 4. The van der Waals surface area contributed by atoms with Crippen molar-refractivity contribution in [2.75, 3.05) is 11.9 Å². The number of fused-ring (bicyclic) bond motifs is 1. The smallest absolute Gasteiger partial charge is 0.410 e. The second-order valence-corrected chi connectivity index (χ2v) is 7.63. The Bertz CT molecular complexity index is 1100. The molecule has 2 aromatic carbocycles. The van der Waals surface area contributed by atoms with Crippen molar-refractivity contribution >= 4 is 29.5 Å². The molecule has 4 amide bonds. The number of carbonyl (C=O) groups is 4. The van der Waals surface area contributed by atoms with Crippen LogP contribution in [0.3, 0.4) is 0 Å². The Kier molecular flexibility index (Phi) is 5.18. The average molecular weight is 425 g/mol. The molecule has 4 rings (SSSR count). The zero-order chi connectivity index (χ0) is 22.3. The highest BCUT2D eigenvalue weighted by molar-refractivity contribution is 6.05. The predicted molar refractivity (Wildman–Crippen MR) is 108 cm³/mol. The lowest BCUT2D eigenvalue weighted by Crippen LogP contribution is -2.52. The van der Waals surface area contributed by atoms with Crippen molar-refractivity contribution in [1.82, 2.24) is 10.2 Å².